The van der Waals surface area contributed by atoms with Gasteiger partial charge in [0.15, 0.2) is 23.2 Å². The van der Waals surface area contributed by atoms with Gasteiger partial charge in [0.2, 0.25) is 0 Å². The van der Waals surface area contributed by atoms with Crippen LogP contribution >= 0.6 is 15.9 Å². The van der Waals surface area contributed by atoms with Gasteiger partial charge in [-0.15, -0.1) is 0 Å². The Bertz CT molecular complexity index is 1090. The molecule has 0 fully saturated rings. The number of nitro benzene ring substituents is 1. The van der Waals surface area contributed by atoms with Crippen molar-refractivity contribution in [3.63, 3.8) is 0 Å². The Kier molecular flexibility index (Phi) is 6.81. The number of non-ortho nitro benzene ring substituents is 1. The molecule has 3 rings (SSSR count). The predicted molar refractivity (Wildman–Crippen MR) is 111 cm³/mol. The van der Waals surface area contributed by atoms with Crippen molar-refractivity contribution in [1.82, 2.24) is 0 Å². The molecule has 0 aliphatic rings. The summed E-state index contributed by atoms with van der Waals surface area (Å²) in [5.74, 6) is -2.92. The topological polar surface area (TPSA) is 82.6 Å². The molecule has 0 spiro atoms. The summed E-state index contributed by atoms with van der Waals surface area (Å²) in [4.78, 5) is 23.8. The summed E-state index contributed by atoms with van der Waals surface area (Å²) >= 11 is 3.10. The maximum atomic E-state index is 14.4. The van der Waals surface area contributed by atoms with Gasteiger partial charge in [-0.2, -0.15) is 0 Å². The van der Waals surface area contributed by atoms with Gasteiger partial charge >= 0.3 is 0 Å². The zero-order valence-corrected chi connectivity index (χ0v) is 17.6. The van der Waals surface area contributed by atoms with E-state index in [0.29, 0.717) is 29.5 Å². The molecular weight excluding hydrogens is 464 g/mol. The number of carbonyl (C=O) groups is 1. The Morgan fingerprint density at radius 3 is 2.53 bits per heavy atom. The predicted octanol–water partition coefficient (Wildman–Crippen LogP) is 5.97. The van der Waals surface area contributed by atoms with E-state index in [4.69, 9.17) is 9.15 Å². The number of fused-ring (bicyclic) bond motifs is 1. The van der Waals surface area contributed by atoms with Gasteiger partial charge in [-0.3, -0.25) is 14.9 Å². The number of rotatable bonds is 9. The normalized spacial score (nSPS) is 11.1. The Hall–Kier alpha value is -2.81. The molecule has 0 unspecified atom stereocenters. The fourth-order valence-corrected chi connectivity index (χ4v) is 3.29. The Morgan fingerprint density at radius 1 is 1.23 bits per heavy atom. The molecule has 0 atom stereocenters. The van der Waals surface area contributed by atoms with Gasteiger partial charge in [0.05, 0.1) is 17.1 Å². The number of ketones is 1. The molecule has 30 heavy (non-hydrogen) atoms. The molecule has 158 valence electrons. The highest BCUT2D eigenvalue weighted by Crippen LogP contribution is 2.33. The van der Waals surface area contributed by atoms with E-state index in [1.165, 1.54) is 18.2 Å². The van der Waals surface area contributed by atoms with Gasteiger partial charge in [-0.05, 0) is 24.6 Å². The third kappa shape index (κ3) is 4.35. The summed E-state index contributed by atoms with van der Waals surface area (Å²) in [6, 6.07) is 5.72. The minimum Gasteiger partial charge on any atom is -0.487 e. The number of hydrogen-bond acceptors (Lipinski definition) is 5. The minimum atomic E-state index is -1.01. The second kappa shape index (κ2) is 9.34. The molecule has 1 aromatic heterocycles. The maximum absolute atomic E-state index is 14.4. The SMILES string of the molecule is CCCCc1oc2ccc([N+](=O)[O-])cc2c1C(=O)c1cc(F)c(OCCBr)c(F)c1. The molecule has 2 aromatic carbocycles. The van der Waals surface area contributed by atoms with Crippen LogP contribution in [-0.2, 0) is 6.42 Å². The van der Waals surface area contributed by atoms with E-state index < -0.39 is 28.1 Å². The highest BCUT2D eigenvalue weighted by molar-refractivity contribution is 9.09. The molecule has 6 nitrogen and oxygen atoms in total. The second-order valence-corrected chi connectivity index (χ2v) is 7.37. The van der Waals surface area contributed by atoms with E-state index in [2.05, 4.69) is 15.9 Å². The van der Waals surface area contributed by atoms with Crippen LogP contribution in [0.4, 0.5) is 14.5 Å². The number of alkyl halides is 1. The smallest absolute Gasteiger partial charge is 0.270 e. The van der Waals surface area contributed by atoms with Crippen LogP contribution in [0.5, 0.6) is 5.75 Å². The second-order valence-electron chi connectivity index (χ2n) is 6.58. The third-order valence-electron chi connectivity index (χ3n) is 4.52. The number of furan rings is 1. The maximum Gasteiger partial charge on any atom is 0.270 e. The van der Waals surface area contributed by atoms with Gasteiger partial charge in [0, 0.05) is 34.8 Å². The molecular formula is C21H18BrF2NO5. The summed E-state index contributed by atoms with van der Waals surface area (Å²) < 4.78 is 39.5. The summed E-state index contributed by atoms with van der Waals surface area (Å²) in [7, 11) is 0. The molecule has 0 saturated heterocycles. The first-order valence-corrected chi connectivity index (χ1v) is 10.4. The Balaban J connectivity index is 2.13. The average molecular weight is 482 g/mol. The molecule has 1 heterocycles. The fraction of sp³-hybridized carbons (Fsp3) is 0.286. The largest absolute Gasteiger partial charge is 0.487 e. The Morgan fingerprint density at radius 2 is 1.93 bits per heavy atom. The molecule has 0 radical (unpaired) electrons. The van der Waals surface area contributed by atoms with Crippen molar-refractivity contribution in [2.75, 3.05) is 11.9 Å². The van der Waals surface area contributed by atoms with E-state index in [9.17, 15) is 23.7 Å². The van der Waals surface area contributed by atoms with Crippen molar-refractivity contribution in [1.29, 1.82) is 0 Å². The van der Waals surface area contributed by atoms with E-state index in [0.717, 1.165) is 18.6 Å². The fourth-order valence-electron chi connectivity index (χ4n) is 3.13. The van der Waals surface area contributed by atoms with E-state index >= 15 is 0 Å². The van der Waals surface area contributed by atoms with Crippen LogP contribution in [0, 0.1) is 21.7 Å². The average Bonchev–Trinajstić information content (AvgIpc) is 3.08. The zero-order valence-electron chi connectivity index (χ0n) is 16.0. The van der Waals surface area contributed by atoms with Crippen molar-refractivity contribution in [3.8, 4) is 5.75 Å². The monoisotopic (exact) mass is 481 g/mol. The summed E-state index contributed by atoms with van der Waals surface area (Å²) in [6.45, 7) is 2.02. The van der Waals surface area contributed by atoms with Crippen LogP contribution < -0.4 is 4.74 Å². The highest BCUT2D eigenvalue weighted by Gasteiger charge is 2.25. The number of nitro groups is 1. The van der Waals surface area contributed by atoms with Gasteiger partial charge in [-0.1, -0.05) is 29.3 Å². The lowest BCUT2D eigenvalue weighted by Crippen LogP contribution is -2.08. The van der Waals surface area contributed by atoms with E-state index in [-0.39, 0.29) is 28.8 Å². The quantitative estimate of drug-likeness (QED) is 0.163. The number of nitrogens with zero attached hydrogens (tertiary/aromatic N) is 1. The van der Waals surface area contributed by atoms with Crippen LogP contribution in [0.25, 0.3) is 11.0 Å². The molecule has 0 aliphatic heterocycles. The van der Waals surface area contributed by atoms with Crippen molar-refractivity contribution in [2.45, 2.75) is 26.2 Å². The number of unbranched alkanes of at least 4 members (excludes halogenated alkanes) is 1. The molecule has 0 N–H and O–H groups in total. The number of halogens is 3. The van der Waals surface area contributed by atoms with Crippen LogP contribution in [0.3, 0.4) is 0 Å². The van der Waals surface area contributed by atoms with Crippen LogP contribution in [-0.4, -0.2) is 22.6 Å². The summed E-state index contributed by atoms with van der Waals surface area (Å²) in [6.07, 6.45) is 1.95. The number of hydrogen-bond donors (Lipinski definition) is 0. The van der Waals surface area contributed by atoms with Crippen molar-refractivity contribution in [2.24, 2.45) is 0 Å². The molecule has 0 bridgehead atoms. The first kappa shape index (κ1) is 21.9. The molecule has 9 heteroatoms. The van der Waals surface area contributed by atoms with Crippen LogP contribution in [0.2, 0.25) is 0 Å². The van der Waals surface area contributed by atoms with Gasteiger partial charge in [0.1, 0.15) is 11.3 Å². The van der Waals surface area contributed by atoms with Gasteiger partial charge < -0.3 is 9.15 Å². The van der Waals surface area contributed by atoms with Crippen molar-refractivity contribution in [3.05, 3.63) is 69.0 Å². The lowest BCUT2D eigenvalue weighted by molar-refractivity contribution is -0.384. The van der Waals surface area contributed by atoms with Crippen molar-refractivity contribution < 1.29 is 27.7 Å². The summed E-state index contributed by atoms with van der Waals surface area (Å²) in [5, 5.41) is 11.8. The number of benzene rings is 2. The van der Waals surface area contributed by atoms with Gasteiger partial charge in [-0.25, -0.2) is 8.78 Å². The highest BCUT2D eigenvalue weighted by atomic mass is 79.9. The molecule has 3 aromatic rings. The lowest BCUT2D eigenvalue weighted by atomic mass is 9.97. The number of carbonyl (C=O) groups excluding carboxylic acids is 1. The molecule has 0 aliphatic carbocycles. The summed E-state index contributed by atoms with van der Waals surface area (Å²) in [5.41, 5.74) is -0.0678. The van der Waals surface area contributed by atoms with Crippen molar-refractivity contribution >= 4 is 38.4 Å². The first-order valence-electron chi connectivity index (χ1n) is 9.29. The molecule has 0 amide bonds. The zero-order chi connectivity index (χ0) is 21.8. The molecule has 0 saturated carbocycles. The van der Waals surface area contributed by atoms with Gasteiger partial charge in [0.25, 0.3) is 5.69 Å². The Labute approximate surface area is 179 Å². The number of ether oxygens (including phenoxy) is 1. The third-order valence-corrected chi connectivity index (χ3v) is 4.85. The van der Waals surface area contributed by atoms with Crippen LogP contribution in [0.1, 0.15) is 41.4 Å². The number of aryl methyl sites for hydroxylation is 1. The lowest BCUT2D eigenvalue weighted by Gasteiger charge is -2.09. The van der Waals surface area contributed by atoms with E-state index in [1.807, 2.05) is 6.92 Å². The minimum absolute atomic E-state index is 0.0539. The van der Waals surface area contributed by atoms with E-state index in [1.54, 1.807) is 0 Å². The first-order chi connectivity index (χ1) is 14.4. The van der Waals surface area contributed by atoms with Crippen LogP contribution in [0.15, 0.2) is 34.7 Å². The standard InChI is InChI=1S/C21H18BrF2NO5/c1-2-3-4-18-19(14-11-13(25(27)28)5-6-17(14)30-18)20(26)12-9-15(23)21(16(24)10-12)29-8-7-22/h5-6,9-11H,2-4,7-8H2,1H3.